The fourth-order valence-corrected chi connectivity index (χ4v) is 1.95. The van der Waals surface area contributed by atoms with Crippen LogP contribution < -0.4 is 10.6 Å². The highest BCUT2D eigenvalue weighted by atomic mass is 16.6. The molecule has 2 rings (SSSR count). The van der Waals surface area contributed by atoms with Gasteiger partial charge < -0.3 is 15.2 Å². The maximum Gasteiger partial charge on any atom is 0.412 e. The van der Waals surface area contributed by atoms with Crippen molar-refractivity contribution in [3.8, 4) is 5.75 Å². The van der Waals surface area contributed by atoms with Crippen LogP contribution in [0.25, 0.3) is 0 Å². The van der Waals surface area contributed by atoms with Crippen LogP contribution in [-0.2, 0) is 11.3 Å². The van der Waals surface area contributed by atoms with Crippen molar-refractivity contribution >= 4 is 17.5 Å². The number of nitrogens with one attached hydrogen (secondary N) is 2. The van der Waals surface area contributed by atoms with E-state index in [1.807, 2.05) is 51.1 Å². The highest BCUT2D eigenvalue weighted by molar-refractivity contribution is 5.85. The van der Waals surface area contributed by atoms with Gasteiger partial charge in [0.05, 0.1) is 0 Å². The number of ether oxygens (including phenoxy) is 1. The number of anilines is 2. The molecular formula is C18H22N2O3. The lowest BCUT2D eigenvalue weighted by Crippen LogP contribution is -2.27. The molecular weight excluding hydrogens is 292 g/mol. The van der Waals surface area contributed by atoms with Gasteiger partial charge in [-0.3, -0.25) is 5.32 Å². The maximum atomic E-state index is 11.8. The summed E-state index contributed by atoms with van der Waals surface area (Å²) in [7, 11) is 0. The summed E-state index contributed by atoms with van der Waals surface area (Å²) in [5.41, 5.74) is 2.06. The fraction of sp³-hybridized carbons (Fsp3) is 0.278. The van der Waals surface area contributed by atoms with E-state index in [9.17, 15) is 9.90 Å². The monoisotopic (exact) mass is 314 g/mol. The molecule has 0 aliphatic heterocycles. The number of carbonyl (C=O) groups excluding carboxylic acids is 1. The first-order valence-electron chi connectivity index (χ1n) is 7.44. The van der Waals surface area contributed by atoms with Gasteiger partial charge in [-0.15, -0.1) is 0 Å². The third kappa shape index (κ3) is 5.90. The van der Waals surface area contributed by atoms with Crippen LogP contribution in [0.5, 0.6) is 5.75 Å². The van der Waals surface area contributed by atoms with Gasteiger partial charge in [0.1, 0.15) is 11.4 Å². The van der Waals surface area contributed by atoms with E-state index in [0.717, 1.165) is 11.3 Å². The highest BCUT2D eigenvalue weighted by Crippen LogP contribution is 2.18. The molecule has 0 unspecified atom stereocenters. The predicted octanol–water partition coefficient (Wildman–Crippen LogP) is 4.35. The van der Waals surface area contributed by atoms with Crippen molar-refractivity contribution in [1.29, 1.82) is 0 Å². The van der Waals surface area contributed by atoms with E-state index in [4.69, 9.17) is 4.74 Å². The summed E-state index contributed by atoms with van der Waals surface area (Å²) >= 11 is 0. The fourth-order valence-electron chi connectivity index (χ4n) is 1.95. The quantitative estimate of drug-likeness (QED) is 0.784. The molecule has 0 aromatic heterocycles. The number of rotatable bonds is 4. The van der Waals surface area contributed by atoms with Gasteiger partial charge >= 0.3 is 6.09 Å². The molecule has 3 N–H and O–H groups in total. The molecule has 0 heterocycles. The zero-order valence-corrected chi connectivity index (χ0v) is 13.6. The lowest BCUT2D eigenvalue weighted by Gasteiger charge is -2.19. The molecule has 122 valence electrons. The van der Waals surface area contributed by atoms with Crippen molar-refractivity contribution in [2.45, 2.75) is 32.9 Å². The lowest BCUT2D eigenvalue weighted by molar-refractivity contribution is 0.0636. The zero-order chi connectivity index (χ0) is 16.9. The van der Waals surface area contributed by atoms with Crippen molar-refractivity contribution in [2.24, 2.45) is 0 Å². The number of carbonyl (C=O) groups is 1. The van der Waals surface area contributed by atoms with Crippen LogP contribution in [0, 0.1) is 0 Å². The largest absolute Gasteiger partial charge is 0.508 e. The van der Waals surface area contributed by atoms with Crippen LogP contribution in [0.4, 0.5) is 16.2 Å². The number of hydrogen-bond acceptors (Lipinski definition) is 4. The standard InChI is InChI=1S/C18H22N2O3/c1-18(2,3)23-17(22)20-15-6-4-5-14(11-15)19-12-13-7-9-16(21)10-8-13/h4-11,19,21H,12H2,1-3H3,(H,20,22). The van der Waals surface area contributed by atoms with Gasteiger partial charge in [-0.1, -0.05) is 18.2 Å². The topological polar surface area (TPSA) is 70.6 Å². The first-order valence-corrected chi connectivity index (χ1v) is 7.44. The first-order chi connectivity index (χ1) is 10.8. The molecule has 5 nitrogen and oxygen atoms in total. The Morgan fingerprint density at radius 2 is 1.74 bits per heavy atom. The van der Waals surface area contributed by atoms with E-state index in [1.165, 1.54) is 0 Å². The van der Waals surface area contributed by atoms with Gasteiger partial charge in [-0.2, -0.15) is 0 Å². The average Bonchev–Trinajstić information content (AvgIpc) is 2.45. The van der Waals surface area contributed by atoms with Gasteiger partial charge in [0.2, 0.25) is 0 Å². The summed E-state index contributed by atoms with van der Waals surface area (Å²) in [5.74, 6) is 0.248. The second kappa shape index (κ2) is 7.05. The minimum Gasteiger partial charge on any atom is -0.508 e. The SMILES string of the molecule is CC(C)(C)OC(=O)Nc1cccc(NCc2ccc(O)cc2)c1. The number of phenolic OH excluding ortho intramolecular Hbond substituents is 1. The van der Waals surface area contributed by atoms with Gasteiger partial charge in [-0.25, -0.2) is 4.79 Å². The van der Waals surface area contributed by atoms with E-state index in [0.29, 0.717) is 12.2 Å². The predicted molar refractivity (Wildman–Crippen MR) is 91.7 cm³/mol. The molecule has 1 amide bonds. The molecule has 0 bridgehead atoms. The molecule has 2 aromatic rings. The number of amides is 1. The smallest absolute Gasteiger partial charge is 0.412 e. The normalized spacial score (nSPS) is 10.9. The Balaban J connectivity index is 1.94. The van der Waals surface area contributed by atoms with Gasteiger partial charge in [-0.05, 0) is 56.7 Å². The van der Waals surface area contributed by atoms with E-state index in [1.54, 1.807) is 18.2 Å². The Morgan fingerprint density at radius 3 is 2.39 bits per heavy atom. The van der Waals surface area contributed by atoms with Crippen LogP contribution in [0.15, 0.2) is 48.5 Å². The Bertz CT molecular complexity index is 661. The Labute approximate surface area is 136 Å². The second-order valence-electron chi connectivity index (χ2n) is 6.23. The first kappa shape index (κ1) is 16.7. The average molecular weight is 314 g/mol. The molecule has 0 radical (unpaired) electrons. The van der Waals surface area contributed by atoms with Crippen molar-refractivity contribution in [1.82, 2.24) is 0 Å². The summed E-state index contributed by atoms with van der Waals surface area (Å²) < 4.78 is 5.23. The zero-order valence-electron chi connectivity index (χ0n) is 13.6. The van der Waals surface area contributed by atoms with Gasteiger partial charge in [0.25, 0.3) is 0 Å². The highest BCUT2D eigenvalue weighted by Gasteiger charge is 2.16. The van der Waals surface area contributed by atoms with E-state index in [2.05, 4.69) is 10.6 Å². The Morgan fingerprint density at radius 1 is 1.09 bits per heavy atom. The summed E-state index contributed by atoms with van der Waals surface area (Å²) in [6.07, 6.45) is -0.479. The third-order valence-electron chi connectivity index (χ3n) is 2.94. The Kier molecular flexibility index (Phi) is 5.11. The van der Waals surface area contributed by atoms with Gasteiger partial charge in [0, 0.05) is 17.9 Å². The molecule has 0 saturated carbocycles. The van der Waals surface area contributed by atoms with Crippen molar-refractivity contribution in [3.63, 3.8) is 0 Å². The van der Waals surface area contributed by atoms with E-state index >= 15 is 0 Å². The molecule has 23 heavy (non-hydrogen) atoms. The van der Waals surface area contributed by atoms with Crippen molar-refractivity contribution < 1.29 is 14.6 Å². The van der Waals surface area contributed by atoms with Crippen LogP contribution in [0.1, 0.15) is 26.3 Å². The van der Waals surface area contributed by atoms with Gasteiger partial charge in [0.15, 0.2) is 0 Å². The molecule has 0 saturated heterocycles. The number of phenols is 1. The minimum absolute atomic E-state index is 0.248. The molecule has 0 spiro atoms. The second-order valence-corrected chi connectivity index (χ2v) is 6.23. The molecule has 2 aromatic carbocycles. The van der Waals surface area contributed by atoms with Crippen molar-refractivity contribution in [3.05, 3.63) is 54.1 Å². The van der Waals surface area contributed by atoms with Crippen LogP contribution >= 0.6 is 0 Å². The van der Waals surface area contributed by atoms with Crippen molar-refractivity contribution in [2.75, 3.05) is 10.6 Å². The number of hydrogen-bond donors (Lipinski definition) is 3. The van der Waals surface area contributed by atoms with Crippen LogP contribution in [-0.4, -0.2) is 16.8 Å². The van der Waals surface area contributed by atoms with Crippen LogP contribution in [0.2, 0.25) is 0 Å². The summed E-state index contributed by atoms with van der Waals surface area (Å²) in [6, 6.07) is 14.4. The molecule has 0 aliphatic rings. The molecule has 5 heteroatoms. The summed E-state index contributed by atoms with van der Waals surface area (Å²) in [5, 5.41) is 15.2. The Hall–Kier alpha value is -2.69. The molecule has 0 aliphatic carbocycles. The van der Waals surface area contributed by atoms with E-state index < -0.39 is 11.7 Å². The summed E-state index contributed by atoms with van der Waals surface area (Å²) in [6.45, 7) is 6.09. The number of benzene rings is 2. The molecule has 0 fully saturated rings. The number of aromatic hydroxyl groups is 1. The van der Waals surface area contributed by atoms with Crippen LogP contribution in [0.3, 0.4) is 0 Å². The minimum atomic E-state index is -0.529. The third-order valence-corrected chi connectivity index (χ3v) is 2.94. The lowest BCUT2D eigenvalue weighted by atomic mass is 10.2. The summed E-state index contributed by atoms with van der Waals surface area (Å²) in [4.78, 5) is 11.8. The maximum absolute atomic E-state index is 11.8. The van der Waals surface area contributed by atoms with E-state index in [-0.39, 0.29) is 5.75 Å². The molecule has 0 atom stereocenters.